The van der Waals surface area contributed by atoms with Crippen molar-refractivity contribution in [3.63, 3.8) is 0 Å². The molecule has 0 aromatic heterocycles. The molecule has 0 bridgehead atoms. The first kappa shape index (κ1) is 17.2. The van der Waals surface area contributed by atoms with Gasteiger partial charge in [-0.15, -0.1) is 0 Å². The van der Waals surface area contributed by atoms with E-state index < -0.39 is 0 Å². The summed E-state index contributed by atoms with van der Waals surface area (Å²) in [5, 5.41) is 10.1. The largest absolute Gasteiger partial charge is 0.393 e. The van der Waals surface area contributed by atoms with Crippen LogP contribution in [0.2, 0.25) is 0 Å². The molecule has 0 radical (unpaired) electrons. The molecule has 1 heteroatoms. The lowest BCUT2D eigenvalue weighted by Gasteiger charge is -2.11. The van der Waals surface area contributed by atoms with Gasteiger partial charge in [-0.25, -0.2) is 0 Å². The molecule has 20 heavy (non-hydrogen) atoms. The van der Waals surface area contributed by atoms with Gasteiger partial charge in [-0.1, -0.05) is 83.1 Å². The van der Waals surface area contributed by atoms with Crippen LogP contribution in [0.15, 0.2) is 24.3 Å². The van der Waals surface area contributed by atoms with Gasteiger partial charge in [0, 0.05) is 0 Å². The Morgan fingerprint density at radius 1 is 0.800 bits per heavy atom. The van der Waals surface area contributed by atoms with Crippen LogP contribution in [-0.2, 0) is 12.8 Å². The van der Waals surface area contributed by atoms with E-state index in [1.165, 1.54) is 56.1 Å². The van der Waals surface area contributed by atoms with Crippen LogP contribution in [0.5, 0.6) is 0 Å². The fraction of sp³-hybridized carbons (Fsp3) is 0.684. The van der Waals surface area contributed by atoms with E-state index in [4.69, 9.17) is 0 Å². The molecular formula is C19H32O. The fourth-order valence-corrected chi connectivity index (χ4v) is 2.62. The van der Waals surface area contributed by atoms with E-state index in [-0.39, 0.29) is 6.10 Å². The zero-order valence-electron chi connectivity index (χ0n) is 13.4. The average molecular weight is 276 g/mol. The molecule has 0 amide bonds. The van der Waals surface area contributed by atoms with Crippen molar-refractivity contribution in [3.05, 3.63) is 35.4 Å². The first-order valence-electron chi connectivity index (χ1n) is 8.52. The Bertz CT molecular complexity index is 328. The first-order chi connectivity index (χ1) is 9.76. The van der Waals surface area contributed by atoms with Gasteiger partial charge in [0.05, 0.1) is 6.10 Å². The quantitative estimate of drug-likeness (QED) is 0.544. The highest BCUT2D eigenvalue weighted by Crippen LogP contribution is 2.13. The van der Waals surface area contributed by atoms with Crippen LogP contribution in [0, 0.1) is 0 Å². The standard InChI is InChI=1S/C19H32O/c1-3-5-6-7-8-9-10-11-19(20)16-18-14-12-17(4-2)13-15-18/h12-15,19-20H,3-11,16H2,1-2H3. The van der Waals surface area contributed by atoms with Crippen molar-refractivity contribution in [2.75, 3.05) is 0 Å². The summed E-state index contributed by atoms with van der Waals surface area (Å²) < 4.78 is 0. The summed E-state index contributed by atoms with van der Waals surface area (Å²) in [4.78, 5) is 0. The van der Waals surface area contributed by atoms with Crippen molar-refractivity contribution in [2.45, 2.75) is 84.2 Å². The van der Waals surface area contributed by atoms with Crippen molar-refractivity contribution < 1.29 is 5.11 Å². The smallest absolute Gasteiger partial charge is 0.0580 e. The van der Waals surface area contributed by atoms with Gasteiger partial charge in [0.25, 0.3) is 0 Å². The van der Waals surface area contributed by atoms with E-state index in [0.29, 0.717) is 0 Å². The van der Waals surface area contributed by atoms with Gasteiger partial charge in [0.2, 0.25) is 0 Å². The van der Waals surface area contributed by atoms with Gasteiger partial charge in [-0.05, 0) is 30.4 Å². The Labute approximate surface area is 125 Å². The van der Waals surface area contributed by atoms with Crippen LogP contribution in [0.3, 0.4) is 0 Å². The molecule has 1 aromatic carbocycles. The summed E-state index contributed by atoms with van der Waals surface area (Å²) in [7, 11) is 0. The van der Waals surface area contributed by atoms with Gasteiger partial charge >= 0.3 is 0 Å². The number of unbranched alkanes of at least 4 members (excludes halogenated alkanes) is 6. The molecule has 0 saturated heterocycles. The lowest BCUT2D eigenvalue weighted by atomic mass is 10.0. The van der Waals surface area contributed by atoms with Crippen LogP contribution < -0.4 is 0 Å². The van der Waals surface area contributed by atoms with Crippen molar-refractivity contribution in [3.8, 4) is 0 Å². The summed E-state index contributed by atoms with van der Waals surface area (Å²) in [5.74, 6) is 0. The van der Waals surface area contributed by atoms with Gasteiger partial charge in [-0.2, -0.15) is 0 Å². The Hall–Kier alpha value is -0.820. The fourth-order valence-electron chi connectivity index (χ4n) is 2.62. The SMILES string of the molecule is CCCCCCCCCC(O)Cc1ccc(CC)cc1. The topological polar surface area (TPSA) is 20.2 Å². The second-order valence-electron chi connectivity index (χ2n) is 5.94. The summed E-state index contributed by atoms with van der Waals surface area (Å²) in [5.41, 5.74) is 2.63. The van der Waals surface area contributed by atoms with Gasteiger partial charge in [0.1, 0.15) is 0 Å². The summed E-state index contributed by atoms with van der Waals surface area (Å²) >= 11 is 0. The highest BCUT2D eigenvalue weighted by Gasteiger charge is 2.05. The second-order valence-corrected chi connectivity index (χ2v) is 5.94. The molecule has 114 valence electrons. The lowest BCUT2D eigenvalue weighted by Crippen LogP contribution is -2.10. The van der Waals surface area contributed by atoms with Gasteiger partial charge in [-0.3, -0.25) is 0 Å². The van der Waals surface area contributed by atoms with Crippen molar-refractivity contribution in [1.29, 1.82) is 0 Å². The molecule has 0 saturated carbocycles. The van der Waals surface area contributed by atoms with E-state index in [2.05, 4.69) is 38.1 Å². The molecule has 1 nitrogen and oxygen atoms in total. The monoisotopic (exact) mass is 276 g/mol. The average Bonchev–Trinajstić information content (AvgIpc) is 2.47. The maximum absolute atomic E-state index is 10.1. The predicted molar refractivity (Wildman–Crippen MR) is 88.1 cm³/mol. The van der Waals surface area contributed by atoms with Crippen LogP contribution in [-0.4, -0.2) is 11.2 Å². The molecule has 1 atom stereocenters. The number of hydrogen-bond donors (Lipinski definition) is 1. The third-order valence-corrected chi connectivity index (χ3v) is 4.04. The highest BCUT2D eigenvalue weighted by molar-refractivity contribution is 5.22. The lowest BCUT2D eigenvalue weighted by molar-refractivity contribution is 0.161. The van der Waals surface area contributed by atoms with Crippen LogP contribution >= 0.6 is 0 Å². The molecule has 0 aliphatic carbocycles. The molecule has 0 aliphatic rings. The number of rotatable bonds is 11. The molecule has 1 rings (SSSR count). The van der Waals surface area contributed by atoms with Gasteiger partial charge < -0.3 is 5.11 Å². The molecule has 0 spiro atoms. The number of aryl methyl sites for hydroxylation is 1. The Kier molecular flexibility index (Phi) is 9.40. The van der Waals surface area contributed by atoms with E-state index in [1.54, 1.807) is 0 Å². The van der Waals surface area contributed by atoms with Gasteiger partial charge in [0.15, 0.2) is 0 Å². The molecule has 1 N–H and O–H groups in total. The van der Waals surface area contributed by atoms with Crippen molar-refractivity contribution in [1.82, 2.24) is 0 Å². The first-order valence-corrected chi connectivity index (χ1v) is 8.52. The Morgan fingerprint density at radius 3 is 1.95 bits per heavy atom. The third-order valence-electron chi connectivity index (χ3n) is 4.04. The number of aliphatic hydroxyl groups excluding tert-OH is 1. The molecule has 1 aromatic rings. The van der Waals surface area contributed by atoms with Crippen LogP contribution in [0.4, 0.5) is 0 Å². The minimum atomic E-state index is -0.168. The maximum Gasteiger partial charge on any atom is 0.0580 e. The minimum Gasteiger partial charge on any atom is -0.393 e. The van der Waals surface area contributed by atoms with E-state index in [1.807, 2.05) is 0 Å². The summed E-state index contributed by atoms with van der Waals surface area (Å²) in [6.07, 6.45) is 11.9. The summed E-state index contributed by atoms with van der Waals surface area (Å²) in [6.45, 7) is 4.42. The zero-order chi connectivity index (χ0) is 14.6. The van der Waals surface area contributed by atoms with Crippen LogP contribution in [0.25, 0.3) is 0 Å². The number of hydrogen-bond acceptors (Lipinski definition) is 1. The minimum absolute atomic E-state index is 0.168. The van der Waals surface area contributed by atoms with E-state index in [9.17, 15) is 5.11 Å². The number of aliphatic hydroxyl groups is 1. The molecule has 0 fully saturated rings. The highest BCUT2D eigenvalue weighted by atomic mass is 16.3. The van der Waals surface area contributed by atoms with E-state index in [0.717, 1.165) is 19.3 Å². The molecule has 1 unspecified atom stereocenters. The Morgan fingerprint density at radius 2 is 1.35 bits per heavy atom. The Balaban J connectivity index is 2.08. The second kappa shape index (κ2) is 10.9. The molecule has 0 aliphatic heterocycles. The third kappa shape index (κ3) is 7.69. The maximum atomic E-state index is 10.1. The van der Waals surface area contributed by atoms with E-state index >= 15 is 0 Å². The molecular weight excluding hydrogens is 244 g/mol. The normalized spacial score (nSPS) is 12.6. The molecule has 0 heterocycles. The predicted octanol–water partition coefficient (Wildman–Crippen LogP) is 5.29. The van der Waals surface area contributed by atoms with Crippen molar-refractivity contribution >= 4 is 0 Å². The zero-order valence-corrected chi connectivity index (χ0v) is 13.4. The number of benzene rings is 1. The summed E-state index contributed by atoms with van der Waals surface area (Å²) in [6, 6.07) is 8.67. The van der Waals surface area contributed by atoms with Crippen molar-refractivity contribution in [2.24, 2.45) is 0 Å². The van der Waals surface area contributed by atoms with Crippen LogP contribution in [0.1, 0.15) is 76.3 Å².